The number of carbonyl (C=O) groups is 1. The number of carboxylic acid groups (broad SMARTS) is 1. The van der Waals surface area contributed by atoms with Gasteiger partial charge < -0.3 is 15.3 Å². The fourth-order valence-electron chi connectivity index (χ4n) is 1.97. The van der Waals surface area contributed by atoms with E-state index in [1.165, 1.54) is 12.8 Å². The van der Waals surface area contributed by atoms with Crippen molar-refractivity contribution in [1.82, 2.24) is 10.2 Å². The first-order chi connectivity index (χ1) is 6.18. The van der Waals surface area contributed by atoms with Crippen LogP contribution in [-0.2, 0) is 0 Å². The second-order valence-electron chi connectivity index (χ2n) is 4.14. The average molecular weight is 184 g/mol. The summed E-state index contributed by atoms with van der Waals surface area (Å²) in [6.45, 7) is 3.42. The molecular formula is C9H16N2O2. The van der Waals surface area contributed by atoms with Crippen LogP contribution in [0.3, 0.4) is 0 Å². The minimum Gasteiger partial charge on any atom is -0.465 e. The van der Waals surface area contributed by atoms with Gasteiger partial charge in [-0.15, -0.1) is 0 Å². The van der Waals surface area contributed by atoms with Crippen LogP contribution in [-0.4, -0.2) is 41.3 Å². The van der Waals surface area contributed by atoms with Gasteiger partial charge in [-0.1, -0.05) is 0 Å². The van der Waals surface area contributed by atoms with Gasteiger partial charge in [0.2, 0.25) is 0 Å². The Bertz CT molecular complexity index is 216. The second kappa shape index (κ2) is 3.18. The summed E-state index contributed by atoms with van der Waals surface area (Å²) in [4.78, 5) is 12.4. The highest BCUT2D eigenvalue weighted by Crippen LogP contribution is 2.34. The van der Waals surface area contributed by atoms with E-state index in [1.807, 2.05) is 6.92 Å². The van der Waals surface area contributed by atoms with Crippen LogP contribution in [0.1, 0.15) is 19.8 Å². The highest BCUT2D eigenvalue weighted by Gasteiger charge is 2.37. The fourth-order valence-corrected chi connectivity index (χ4v) is 1.97. The SMILES string of the molecule is C[C@@H]1CN[C@@H](C2CC2)CN1C(=O)O. The molecule has 2 atom stereocenters. The lowest BCUT2D eigenvalue weighted by molar-refractivity contribution is 0.101. The first kappa shape index (κ1) is 8.81. The Kier molecular flexibility index (Phi) is 2.15. The molecule has 4 heteroatoms. The summed E-state index contributed by atoms with van der Waals surface area (Å²) in [6.07, 6.45) is 1.75. The van der Waals surface area contributed by atoms with E-state index < -0.39 is 6.09 Å². The molecule has 2 fully saturated rings. The van der Waals surface area contributed by atoms with E-state index in [9.17, 15) is 4.79 Å². The maximum Gasteiger partial charge on any atom is 0.407 e. The minimum absolute atomic E-state index is 0.118. The Morgan fingerprint density at radius 3 is 2.77 bits per heavy atom. The molecule has 0 spiro atoms. The van der Waals surface area contributed by atoms with Crippen molar-refractivity contribution >= 4 is 6.09 Å². The summed E-state index contributed by atoms with van der Waals surface area (Å²) in [5.74, 6) is 0.731. The molecule has 0 bridgehead atoms. The first-order valence-corrected chi connectivity index (χ1v) is 4.91. The number of hydrogen-bond acceptors (Lipinski definition) is 2. The molecule has 74 valence electrons. The molecule has 0 aromatic rings. The summed E-state index contributed by atoms with van der Waals surface area (Å²) in [5.41, 5.74) is 0. The van der Waals surface area contributed by atoms with Crippen molar-refractivity contribution < 1.29 is 9.90 Å². The summed E-state index contributed by atoms with van der Waals surface area (Å²) < 4.78 is 0. The van der Waals surface area contributed by atoms with Crippen LogP contribution in [0.25, 0.3) is 0 Å². The third kappa shape index (κ3) is 1.77. The Labute approximate surface area is 77.9 Å². The molecule has 1 amide bonds. The average Bonchev–Trinajstić information content (AvgIpc) is 2.87. The number of nitrogens with zero attached hydrogens (tertiary/aromatic N) is 1. The van der Waals surface area contributed by atoms with Crippen molar-refractivity contribution in [3.8, 4) is 0 Å². The Morgan fingerprint density at radius 1 is 1.54 bits per heavy atom. The monoisotopic (exact) mass is 184 g/mol. The van der Waals surface area contributed by atoms with E-state index in [4.69, 9.17) is 5.11 Å². The van der Waals surface area contributed by atoms with Crippen LogP contribution in [0.4, 0.5) is 4.79 Å². The quantitative estimate of drug-likeness (QED) is 0.632. The lowest BCUT2D eigenvalue weighted by Crippen LogP contribution is -2.57. The van der Waals surface area contributed by atoms with Gasteiger partial charge in [-0.25, -0.2) is 4.79 Å². The second-order valence-corrected chi connectivity index (χ2v) is 4.14. The zero-order chi connectivity index (χ0) is 9.42. The zero-order valence-electron chi connectivity index (χ0n) is 7.86. The van der Waals surface area contributed by atoms with Crippen LogP contribution < -0.4 is 5.32 Å². The Hall–Kier alpha value is -0.770. The van der Waals surface area contributed by atoms with Gasteiger partial charge in [0.15, 0.2) is 0 Å². The third-order valence-electron chi connectivity index (χ3n) is 3.04. The molecule has 1 saturated carbocycles. The van der Waals surface area contributed by atoms with Crippen molar-refractivity contribution in [3.63, 3.8) is 0 Å². The standard InChI is InChI=1S/C9H16N2O2/c1-6-4-10-8(7-2-3-7)5-11(6)9(12)13/h6-8,10H,2-5H2,1H3,(H,12,13)/t6-,8-/m1/s1. The molecule has 13 heavy (non-hydrogen) atoms. The molecule has 1 aliphatic heterocycles. The maximum absolute atomic E-state index is 10.9. The first-order valence-electron chi connectivity index (χ1n) is 4.91. The summed E-state index contributed by atoms with van der Waals surface area (Å²) in [6, 6.07) is 0.528. The lowest BCUT2D eigenvalue weighted by atomic mass is 10.1. The summed E-state index contributed by atoms with van der Waals surface area (Å²) in [7, 11) is 0. The highest BCUT2D eigenvalue weighted by atomic mass is 16.4. The van der Waals surface area contributed by atoms with Crippen LogP contribution >= 0.6 is 0 Å². The van der Waals surface area contributed by atoms with E-state index in [2.05, 4.69) is 5.32 Å². The summed E-state index contributed by atoms with van der Waals surface area (Å²) in [5, 5.41) is 12.3. The van der Waals surface area contributed by atoms with Crippen molar-refractivity contribution in [2.45, 2.75) is 31.8 Å². The molecule has 2 N–H and O–H groups in total. The van der Waals surface area contributed by atoms with Crippen LogP contribution in [0, 0.1) is 5.92 Å². The molecule has 0 aromatic heterocycles. The zero-order valence-corrected chi connectivity index (χ0v) is 7.86. The smallest absolute Gasteiger partial charge is 0.407 e. The molecule has 0 aromatic carbocycles. The minimum atomic E-state index is -0.778. The molecule has 0 unspecified atom stereocenters. The molecule has 0 radical (unpaired) electrons. The van der Waals surface area contributed by atoms with E-state index in [0.29, 0.717) is 12.6 Å². The third-order valence-corrected chi connectivity index (χ3v) is 3.04. The Morgan fingerprint density at radius 2 is 2.23 bits per heavy atom. The van der Waals surface area contributed by atoms with Gasteiger partial charge in [0.05, 0.1) is 0 Å². The van der Waals surface area contributed by atoms with Gasteiger partial charge in [-0.2, -0.15) is 0 Å². The number of amides is 1. The molecule has 1 heterocycles. The van der Waals surface area contributed by atoms with E-state index in [1.54, 1.807) is 4.90 Å². The number of piperazine rings is 1. The van der Waals surface area contributed by atoms with Gasteiger partial charge >= 0.3 is 6.09 Å². The van der Waals surface area contributed by atoms with E-state index in [-0.39, 0.29) is 6.04 Å². The predicted octanol–water partition coefficient (Wildman–Crippen LogP) is 0.737. The highest BCUT2D eigenvalue weighted by molar-refractivity contribution is 5.65. The van der Waals surface area contributed by atoms with Gasteiger partial charge in [-0.3, -0.25) is 0 Å². The van der Waals surface area contributed by atoms with Crippen molar-refractivity contribution in [2.75, 3.05) is 13.1 Å². The van der Waals surface area contributed by atoms with E-state index >= 15 is 0 Å². The normalized spacial score (nSPS) is 34.7. The summed E-state index contributed by atoms with van der Waals surface area (Å²) >= 11 is 0. The van der Waals surface area contributed by atoms with E-state index in [0.717, 1.165) is 12.5 Å². The number of hydrogen-bond donors (Lipinski definition) is 2. The predicted molar refractivity (Wildman–Crippen MR) is 48.7 cm³/mol. The van der Waals surface area contributed by atoms with Crippen molar-refractivity contribution in [3.05, 3.63) is 0 Å². The van der Waals surface area contributed by atoms with Gasteiger partial charge in [0.25, 0.3) is 0 Å². The Balaban J connectivity index is 1.96. The maximum atomic E-state index is 10.9. The van der Waals surface area contributed by atoms with Crippen molar-refractivity contribution in [2.24, 2.45) is 5.92 Å². The fraction of sp³-hybridized carbons (Fsp3) is 0.889. The lowest BCUT2D eigenvalue weighted by Gasteiger charge is -2.37. The van der Waals surface area contributed by atoms with Crippen LogP contribution in [0.2, 0.25) is 0 Å². The largest absolute Gasteiger partial charge is 0.465 e. The van der Waals surface area contributed by atoms with Crippen LogP contribution in [0.15, 0.2) is 0 Å². The molecule has 2 rings (SSSR count). The van der Waals surface area contributed by atoms with Crippen LogP contribution in [0.5, 0.6) is 0 Å². The molecule has 1 aliphatic carbocycles. The van der Waals surface area contributed by atoms with Gasteiger partial charge in [0.1, 0.15) is 0 Å². The molecule has 1 saturated heterocycles. The topological polar surface area (TPSA) is 52.6 Å². The number of rotatable bonds is 1. The van der Waals surface area contributed by atoms with Gasteiger partial charge in [0, 0.05) is 25.2 Å². The number of nitrogens with one attached hydrogen (secondary N) is 1. The van der Waals surface area contributed by atoms with Crippen molar-refractivity contribution in [1.29, 1.82) is 0 Å². The molecule has 2 aliphatic rings. The molecular weight excluding hydrogens is 168 g/mol. The molecule has 4 nitrogen and oxygen atoms in total. The van der Waals surface area contributed by atoms with Gasteiger partial charge in [-0.05, 0) is 25.7 Å².